The molecule has 15 heavy (non-hydrogen) atoms. The predicted molar refractivity (Wildman–Crippen MR) is 63.1 cm³/mol. The lowest BCUT2D eigenvalue weighted by Crippen LogP contribution is -2.12. The largest absolute Gasteiger partial charge is 0.384 e. The van der Waals surface area contributed by atoms with E-state index >= 15 is 0 Å². The Balaban J connectivity index is 2.61. The number of rotatable bonds is 5. The van der Waals surface area contributed by atoms with Crippen LogP contribution < -0.4 is 5.32 Å². The zero-order valence-corrected chi connectivity index (χ0v) is 9.09. The Morgan fingerprint density at radius 3 is 3.00 bits per heavy atom. The van der Waals surface area contributed by atoms with Crippen LogP contribution in [0, 0.1) is 11.3 Å². The smallest absolute Gasteiger partial charge is 0.0640 e. The number of nitrogens with zero attached hydrogens (tertiary/aromatic N) is 1. The number of aryl methyl sites for hydroxylation is 1. The zero-order valence-electron chi connectivity index (χ0n) is 9.09. The van der Waals surface area contributed by atoms with Crippen molar-refractivity contribution >= 4 is 5.70 Å². The normalized spacial score (nSPS) is 9.33. The summed E-state index contributed by atoms with van der Waals surface area (Å²) in [5, 5.41) is 11.5. The first-order chi connectivity index (χ1) is 7.27. The molecule has 2 heteroatoms. The van der Waals surface area contributed by atoms with Crippen molar-refractivity contribution in [2.75, 3.05) is 6.54 Å². The van der Waals surface area contributed by atoms with E-state index in [9.17, 15) is 0 Å². The molecule has 0 saturated heterocycles. The van der Waals surface area contributed by atoms with E-state index in [0.717, 1.165) is 17.7 Å². The average Bonchev–Trinajstić information content (AvgIpc) is 2.29. The molecule has 1 N–H and O–H groups in total. The highest BCUT2D eigenvalue weighted by Crippen LogP contribution is 2.12. The Labute approximate surface area is 91.2 Å². The van der Waals surface area contributed by atoms with Crippen LogP contribution in [0.4, 0.5) is 0 Å². The predicted octanol–water partition coefficient (Wildman–Crippen LogP) is 2.72. The molecule has 0 unspecified atom stereocenters. The summed E-state index contributed by atoms with van der Waals surface area (Å²) in [6, 6.07) is 10.4. The van der Waals surface area contributed by atoms with E-state index < -0.39 is 0 Å². The van der Waals surface area contributed by atoms with Gasteiger partial charge in [-0.05, 0) is 23.6 Å². The number of nitrogens with one attached hydrogen (secondary N) is 1. The molecule has 0 aliphatic rings. The molecule has 1 aromatic carbocycles. The maximum atomic E-state index is 8.41. The number of benzene rings is 1. The summed E-state index contributed by atoms with van der Waals surface area (Å²) >= 11 is 0. The molecule has 0 amide bonds. The SMILES string of the molecule is C=C(NCCC#N)c1cccc(CC)c1. The molecular formula is C13H16N2. The third-order valence-corrected chi connectivity index (χ3v) is 2.26. The van der Waals surface area contributed by atoms with Gasteiger partial charge in [0.05, 0.1) is 12.5 Å². The van der Waals surface area contributed by atoms with E-state index in [4.69, 9.17) is 5.26 Å². The monoisotopic (exact) mass is 200 g/mol. The van der Waals surface area contributed by atoms with Crippen LogP contribution in [0.3, 0.4) is 0 Å². The van der Waals surface area contributed by atoms with E-state index in [1.807, 2.05) is 12.1 Å². The lowest BCUT2D eigenvalue weighted by molar-refractivity contribution is 0.877. The van der Waals surface area contributed by atoms with Gasteiger partial charge in [-0.2, -0.15) is 5.26 Å². The van der Waals surface area contributed by atoms with Gasteiger partial charge in [-0.3, -0.25) is 0 Å². The van der Waals surface area contributed by atoms with E-state index in [2.05, 4.69) is 37.0 Å². The summed E-state index contributed by atoms with van der Waals surface area (Å²) in [5.74, 6) is 0. The van der Waals surface area contributed by atoms with Crippen LogP contribution in [-0.2, 0) is 6.42 Å². The van der Waals surface area contributed by atoms with Gasteiger partial charge in [-0.15, -0.1) is 0 Å². The minimum absolute atomic E-state index is 0.506. The molecule has 0 fully saturated rings. The van der Waals surface area contributed by atoms with Crippen molar-refractivity contribution in [3.8, 4) is 6.07 Å². The maximum Gasteiger partial charge on any atom is 0.0640 e. The first-order valence-electron chi connectivity index (χ1n) is 5.17. The Bertz CT molecular complexity index is 374. The van der Waals surface area contributed by atoms with Crippen LogP contribution in [0.15, 0.2) is 30.8 Å². The minimum atomic E-state index is 0.506. The summed E-state index contributed by atoms with van der Waals surface area (Å²) in [6.07, 6.45) is 1.53. The average molecular weight is 200 g/mol. The molecule has 0 bridgehead atoms. The highest BCUT2D eigenvalue weighted by atomic mass is 14.9. The third-order valence-electron chi connectivity index (χ3n) is 2.26. The molecule has 0 aromatic heterocycles. The number of hydrogen-bond donors (Lipinski definition) is 1. The highest BCUT2D eigenvalue weighted by molar-refractivity contribution is 5.62. The zero-order chi connectivity index (χ0) is 11.1. The van der Waals surface area contributed by atoms with E-state index in [1.165, 1.54) is 5.56 Å². The fourth-order valence-electron chi connectivity index (χ4n) is 1.35. The van der Waals surface area contributed by atoms with Gasteiger partial charge in [-0.1, -0.05) is 31.7 Å². The van der Waals surface area contributed by atoms with Crippen LogP contribution in [-0.4, -0.2) is 6.54 Å². The summed E-state index contributed by atoms with van der Waals surface area (Å²) in [5.41, 5.74) is 3.29. The fraction of sp³-hybridized carbons (Fsp3) is 0.308. The van der Waals surface area contributed by atoms with Crippen molar-refractivity contribution in [1.82, 2.24) is 5.32 Å². The van der Waals surface area contributed by atoms with Gasteiger partial charge < -0.3 is 5.32 Å². The van der Waals surface area contributed by atoms with Crippen molar-refractivity contribution in [3.05, 3.63) is 42.0 Å². The van der Waals surface area contributed by atoms with Crippen LogP contribution in [0.5, 0.6) is 0 Å². The molecule has 0 saturated carbocycles. The molecule has 0 radical (unpaired) electrons. The first-order valence-corrected chi connectivity index (χ1v) is 5.17. The Kier molecular flexibility index (Phi) is 4.43. The third kappa shape index (κ3) is 3.47. The van der Waals surface area contributed by atoms with Gasteiger partial charge in [0.2, 0.25) is 0 Å². The first kappa shape index (κ1) is 11.3. The summed E-state index contributed by atoms with van der Waals surface area (Å²) < 4.78 is 0. The van der Waals surface area contributed by atoms with Gasteiger partial charge in [0.1, 0.15) is 0 Å². The van der Waals surface area contributed by atoms with Gasteiger partial charge in [0, 0.05) is 12.2 Å². The molecule has 78 valence electrons. The topological polar surface area (TPSA) is 35.8 Å². The summed E-state index contributed by atoms with van der Waals surface area (Å²) in [6.45, 7) is 6.74. The Morgan fingerprint density at radius 2 is 2.33 bits per heavy atom. The molecular weight excluding hydrogens is 184 g/mol. The fourth-order valence-corrected chi connectivity index (χ4v) is 1.35. The van der Waals surface area contributed by atoms with Gasteiger partial charge >= 0.3 is 0 Å². The lowest BCUT2D eigenvalue weighted by Gasteiger charge is -2.09. The van der Waals surface area contributed by atoms with Crippen molar-refractivity contribution in [2.24, 2.45) is 0 Å². The van der Waals surface area contributed by atoms with Crippen LogP contribution in [0.25, 0.3) is 5.70 Å². The van der Waals surface area contributed by atoms with Gasteiger partial charge in [0.15, 0.2) is 0 Å². The standard InChI is InChI=1S/C13H16N2/c1-3-12-6-4-7-13(10-12)11(2)15-9-5-8-14/h4,6-7,10,15H,2-3,5,9H2,1H3. The lowest BCUT2D eigenvalue weighted by atomic mass is 10.1. The van der Waals surface area contributed by atoms with E-state index in [1.54, 1.807) is 0 Å². The quantitative estimate of drug-likeness (QED) is 0.742. The number of nitriles is 1. The molecule has 0 spiro atoms. The van der Waals surface area contributed by atoms with Crippen molar-refractivity contribution < 1.29 is 0 Å². The molecule has 0 aliphatic heterocycles. The summed E-state index contributed by atoms with van der Waals surface area (Å²) in [4.78, 5) is 0. The molecule has 2 nitrogen and oxygen atoms in total. The maximum absolute atomic E-state index is 8.41. The van der Waals surface area contributed by atoms with Crippen LogP contribution in [0.2, 0.25) is 0 Å². The second-order valence-electron chi connectivity index (χ2n) is 3.37. The molecule has 0 aliphatic carbocycles. The van der Waals surface area contributed by atoms with Crippen LogP contribution >= 0.6 is 0 Å². The van der Waals surface area contributed by atoms with Crippen molar-refractivity contribution in [3.63, 3.8) is 0 Å². The second kappa shape index (κ2) is 5.87. The van der Waals surface area contributed by atoms with E-state index in [0.29, 0.717) is 13.0 Å². The van der Waals surface area contributed by atoms with Crippen molar-refractivity contribution in [1.29, 1.82) is 5.26 Å². The summed E-state index contributed by atoms with van der Waals surface area (Å²) in [7, 11) is 0. The molecule has 1 aromatic rings. The number of hydrogen-bond acceptors (Lipinski definition) is 2. The van der Waals surface area contributed by atoms with Crippen molar-refractivity contribution in [2.45, 2.75) is 19.8 Å². The van der Waals surface area contributed by atoms with E-state index in [-0.39, 0.29) is 0 Å². The molecule has 1 rings (SSSR count). The molecule has 0 atom stereocenters. The minimum Gasteiger partial charge on any atom is -0.384 e. The van der Waals surface area contributed by atoms with Crippen LogP contribution in [0.1, 0.15) is 24.5 Å². The Hall–Kier alpha value is -1.75. The highest BCUT2D eigenvalue weighted by Gasteiger charge is 1.98. The van der Waals surface area contributed by atoms with Gasteiger partial charge in [0.25, 0.3) is 0 Å². The van der Waals surface area contributed by atoms with Gasteiger partial charge in [-0.25, -0.2) is 0 Å². The second-order valence-corrected chi connectivity index (χ2v) is 3.37. The Morgan fingerprint density at radius 1 is 1.53 bits per heavy atom. The molecule has 0 heterocycles.